The van der Waals surface area contributed by atoms with Gasteiger partial charge in [0, 0.05) is 13.0 Å². The number of unbranched alkanes of at least 4 members (excludes halogenated alkanes) is 15. The lowest BCUT2D eigenvalue weighted by Crippen LogP contribution is -2.61. The van der Waals surface area contributed by atoms with Crippen molar-refractivity contribution in [3.05, 3.63) is 122 Å². The largest absolute Gasteiger partial charge is 0.457 e. The zero-order valence-corrected chi connectivity index (χ0v) is 49.7. The van der Waals surface area contributed by atoms with Crippen LogP contribution in [0.15, 0.2) is 122 Å². The Labute approximate surface area is 488 Å². The van der Waals surface area contributed by atoms with Crippen molar-refractivity contribution in [2.24, 2.45) is 0 Å². The van der Waals surface area contributed by atoms with Crippen LogP contribution in [0.5, 0.6) is 0 Å². The van der Waals surface area contributed by atoms with Gasteiger partial charge in [0.1, 0.15) is 54.9 Å². The molecular formula is C67H110O14. The molecule has 11 unspecified atom stereocenters. The second kappa shape index (κ2) is 52.0. The lowest BCUT2D eigenvalue weighted by Gasteiger charge is -2.42. The van der Waals surface area contributed by atoms with Crippen LogP contribution in [0.4, 0.5) is 0 Å². The maximum absolute atomic E-state index is 13.1. The van der Waals surface area contributed by atoms with Crippen LogP contribution < -0.4 is 0 Å². The van der Waals surface area contributed by atoms with Crippen molar-refractivity contribution < 1.29 is 69.0 Å². The van der Waals surface area contributed by atoms with E-state index in [1.54, 1.807) is 0 Å². The highest BCUT2D eigenvalue weighted by Gasteiger charge is 2.47. The molecule has 0 amide bonds. The first-order valence-corrected chi connectivity index (χ1v) is 31.1. The van der Waals surface area contributed by atoms with E-state index in [1.807, 2.05) is 0 Å². The van der Waals surface area contributed by atoms with E-state index in [4.69, 9.17) is 28.4 Å². The highest BCUT2D eigenvalue weighted by Crippen LogP contribution is 2.26. The van der Waals surface area contributed by atoms with Gasteiger partial charge in [-0.25, -0.2) is 0 Å². The van der Waals surface area contributed by atoms with Gasteiger partial charge in [0.2, 0.25) is 0 Å². The molecule has 2 heterocycles. The maximum atomic E-state index is 13.1. The minimum absolute atomic E-state index is 0.0419. The Hall–Kier alpha value is -3.61. The van der Waals surface area contributed by atoms with Crippen LogP contribution in [0.25, 0.3) is 0 Å². The van der Waals surface area contributed by atoms with E-state index < -0.39 is 86.7 Å². The SMILES string of the molecule is CC/C=C\C/C=C\C/C=C\C/C=C\C/C=C\C/C=C\CCCCCCCCCOCC(COC1OC(COC2OC(CO)C(O)C(O)C2O)C(O)C(O)C1O)OC(=O)CCCCCCCCCC/C=C\C/C=C\C/C=C\C/C=C\CC. The maximum Gasteiger partial charge on any atom is 0.306 e. The van der Waals surface area contributed by atoms with Crippen molar-refractivity contribution in [2.45, 2.75) is 261 Å². The van der Waals surface area contributed by atoms with Gasteiger partial charge in [0.25, 0.3) is 0 Å². The summed E-state index contributed by atoms with van der Waals surface area (Å²) in [6, 6.07) is 0. The minimum Gasteiger partial charge on any atom is -0.457 e. The zero-order valence-electron chi connectivity index (χ0n) is 49.7. The zero-order chi connectivity index (χ0) is 58.6. The first kappa shape index (κ1) is 73.5. The summed E-state index contributed by atoms with van der Waals surface area (Å²) in [4.78, 5) is 13.1. The van der Waals surface area contributed by atoms with Gasteiger partial charge in [-0.3, -0.25) is 4.79 Å². The van der Waals surface area contributed by atoms with Crippen LogP contribution in [0.3, 0.4) is 0 Å². The molecular weight excluding hydrogens is 1030 g/mol. The molecule has 462 valence electrons. The Bertz CT molecular complexity index is 1800. The lowest BCUT2D eigenvalue weighted by atomic mass is 9.98. The molecule has 0 spiro atoms. The van der Waals surface area contributed by atoms with Gasteiger partial charge < -0.3 is 64.2 Å². The van der Waals surface area contributed by atoms with E-state index in [-0.39, 0.29) is 19.6 Å². The predicted octanol–water partition coefficient (Wildman–Crippen LogP) is 12.1. The average Bonchev–Trinajstić information content (AvgIpc) is 3.60. The van der Waals surface area contributed by atoms with E-state index in [1.165, 1.54) is 44.9 Å². The molecule has 2 fully saturated rings. The van der Waals surface area contributed by atoms with Gasteiger partial charge in [-0.2, -0.15) is 0 Å². The number of aliphatic hydroxyl groups is 7. The summed E-state index contributed by atoms with van der Waals surface area (Å²) in [5.41, 5.74) is 0. The smallest absolute Gasteiger partial charge is 0.306 e. The summed E-state index contributed by atoms with van der Waals surface area (Å²) in [5, 5.41) is 72.5. The van der Waals surface area contributed by atoms with E-state index in [0.29, 0.717) is 13.0 Å². The van der Waals surface area contributed by atoms with Crippen molar-refractivity contribution in [1.29, 1.82) is 0 Å². The molecule has 0 aromatic heterocycles. The van der Waals surface area contributed by atoms with Gasteiger partial charge in [-0.05, 0) is 103 Å². The summed E-state index contributed by atoms with van der Waals surface area (Å²) < 4.78 is 34.4. The Morgan fingerprint density at radius 2 is 0.765 bits per heavy atom. The molecule has 7 N–H and O–H groups in total. The molecule has 0 aromatic rings. The van der Waals surface area contributed by atoms with E-state index in [9.17, 15) is 40.5 Å². The molecule has 0 aromatic carbocycles. The van der Waals surface area contributed by atoms with Crippen LogP contribution in [-0.4, -0.2) is 142 Å². The van der Waals surface area contributed by atoms with Crippen molar-refractivity contribution in [2.75, 3.05) is 33.0 Å². The fourth-order valence-electron chi connectivity index (χ4n) is 9.04. The number of aliphatic hydroxyl groups excluding tert-OH is 7. The summed E-state index contributed by atoms with van der Waals surface area (Å²) in [6.07, 6.45) is 56.8. The number of allylic oxidation sites excluding steroid dienone is 20. The van der Waals surface area contributed by atoms with Crippen molar-refractivity contribution in [1.82, 2.24) is 0 Å². The van der Waals surface area contributed by atoms with E-state index >= 15 is 0 Å². The molecule has 2 saturated heterocycles. The molecule has 2 aliphatic heterocycles. The van der Waals surface area contributed by atoms with Crippen LogP contribution in [-0.2, 0) is 33.2 Å². The number of esters is 1. The minimum atomic E-state index is -1.72. The van der Waals surface area contributed by atoms with Gasteiger partial charge in [-0.15, -0.1) is 0 Å². The Morgan fingerprint density at radius 1 is 0.407 bits per heavy atom. The molecule has 0 bridgehead atoms. The van der Waals surface area contributed by atoms with Crippen LogP contribution in [0.1, 0.15) is 194 Å². The molecule has 0 aliphatic carbocycles. The van der Waals surface area contributed by atoms with E-state index in [0.717, 1.165) is 122 Å². The summed E-state index contributed by atoms with van der Waals surface area (Å²) in [7, 11) is 0. The predicted molar refractivity (Wildman–Crippen MR) is 325 cm³/mol. The number of ether oxygens (including phenoxy) is 6. The summed E-state index contributed by atoms with van der Waals surface area (Å²) >= 11 is 0. The molecule has 2 rings (SSSR count). The third-order valence-corrected chi connectivity index (χ3v) is 14.0. The second-order valence-electron chi connectivity index (χ2n) is 21.1. The fraction of sp³-hybridized carbons (Fsp3) is 0.687. The topological polar surface area (TPSA) is 214 Å². The van der Waals surface area contributed by atoms with Crippen molar-refractivity contribution in [3.63, 3.8) is 0 Å². The Balaban J connectivity index is 1.70. The standard InChI is InChI=1S/C67H110O14/c1-3-5-7-9-11-13-15-17-19-21-23-25-26-27-28-29-31-33-35-37-39-41-43-45-47-49-51-76-53-56(54-77-66-65(75)63(73)61(71)58(81-66)55-78-67-64(74)62(72)60(70)57(52-68)80-67)79-59(69)50-48-46-44-42-40-38-36-34-32-30-24-22-20-18-16-14-12-10-8-6-4-2/h5-8,11-14,17-20,23-25,27-28,30-31,33,56-58,60-68,70-75H,3-4,9-10,15-16,21-22,26,29,32,34-55H2,1-2H3/b7-5-,8-6-,13-11-,14-12-,19-17-,20-18-,25-23-,28-27-,30-24-,33-31-. The molecule has 81 heavy (non-hydrogen) atoms. The molecule has 0 saturated carbocycles. The van der Waals surface area contributed by atoms with Crippen molar-refractivity contribution >= 4 is 5.97 Å². The summed E-state index contributed by atoms with van der Waals surface area (Å²) in [5.74, 6) is -0.393. The van der Waals surface area contributed by atoms with Crippen LogP contribution in [0.2, 0.25) is 0 Å². The highest BCUT2D eigenvalue weighted by molar-refractivity contribution is 5.69. The molecule has 14 nitrogen and oxygen atoms in total. The Morgan fingerprint density at radius 3 is 1.20 bits per heavy atom. The first-order valence-electron chi connectivity index (χ1n) is 31.1. The second-order valence-corrected chi connectivity index (χ2v) is 21.1. The van der Waals surface area contributed by atoms with Gasteiger partial charge in [0.15, 0.2) is 12.6 Å². The van der Waals surface area contributed by atoms with Gasteiger partial charge >= 0.3 is 5.97 Å². The van der Waals surface area contributed by atoms with Gasteiger partial charge in [-0.1, -0.05) is 206 Å². The molecule has 14 heteroatoms. The monoisotopic (exact) mass is 1140 g/mol. The molecule has 2 aliphatic rings. The Kier molecular flexibility index (Phi) is 47.2. The first-order chi connectivity index (χ1) is 39.6. The van der Waals surface area contributed by atoms with Crippen LogP contribution >= 0.6 is 0 Å². The summed E-state index contributed by atoms with van der Waals surface area (Å²) in [6.45, 7) is 3.41. The van der Waals surface area contributed by atoms with Gasteiger partial charge in [0.05, 0.1) is 26.4 Å². The number of rotatable bonds is 49. The number of hydrogen-bond donors (Lipinski definition) is 7. The molecule has 11 atom stereocenters. The van der Waals surface area contributed by atoms with Crippen LogP contribution in [0, 0.1) is 0 Å². The third kappa shape index (κ3) is 38.1. The lowest BCUT2D eigenvalue weighted by molar-refractivity contribution is -0.332. The number of hydrogen-bond acceptors (Lipinski definition) is 14. The number of carbonyl (C=O) groups is 1. The van der Waals surface area contributed by atoms with E-state index in [2.05, 4.69) is 135 Å². The quantitative estimate of drug-likeness (QED) is 0.0172. The molecule has 0 radical (unpaired) electrons. The highest BCUT2D eigenvalue weighted by atomic mass is 16.7. The third-order valence-electron chi connectivity index (χ3n) is 14.0. The fourth-order valence-corrected chi connectivity index (χ4v) is 9.04. The average molecular weight is 1140 g/mol. The van der Waals surface area contributed by atoms with Crippen molar-refractivity contribution in [3.8, 4) is 0 Å². The number of carbonyl (C=O) groups excluding carboxylic acids is 1. The normalized spacial score (nSPS) is 24.6.